The quantitative estimate of drug-likeness (QED) is 0.320. The van der Waals surface area contributed by atoms with Gasteiger partial charge in [0.2, 0.25) is 11.7 Å². The summed E-state index contributed by atoms with van der Waals surface area (Å²) in [6.45, 7) is 2.40. The van der Waals surface area contributed by atoms with Crippen molar-refractivity contribution in [3.05, 3.63) is 78.4 Å². The first-order valence-electron chi connectivity index (χ1n) is 10.1. The maximum Gasteiger partial charge on any atom is 0.234 e. The van der Waals surface area contributed by atoms with Crippen LogP contribution in [0.5, 0.6) is 5.75 Å². The molecule has 0 saturated carbocycles. The molecule has 1 amide bonds. The number of nitrogens with one attached hydrogen (secondary N) is 1. The van der Waals surface area contributed by atoms with Gasteiger partial charge in [-0.05, 0) is 31.2 Å². The molecule has 1 N–H and O–H groups in total. The Hall–Kier alpha value is -3.65. The average Bonchev–Trinajstić information content (AvgIpc) is 3.24. The summed E-state index contributed by atoms with van der Waals surface area (Å²) in [6.07, 6.45) is 3.33. The minimum Gasteiger partial charge on any atom is -0.492 e. The number of carbonyl (C=O) groups excluding carboxylic acids is 2. The molecule has 32 heavy (non-hydrogen) atoms. The summed E-state index contributed by atoms with van der Waals surface area (Å²) in [5.41, 5.74) is 1.82. The Morgan fingerprint density at radius 3 is 2.69 bits per heavy atom. The molecule has 0 bridgehead atoms. The summed E-state index contributed by atoms with van der Waals surface area (Å²) in [4.78, 5) is 34.5. The number of ether oxygens (including phenoxy) is 1. The minimum atomic E-state index is -0.187. The second-order valence-corrected chi connectivity index (χ2v) is 7.98. The summed E-state index contributed by atoms with van der Waals surface area (Å²) < 4.78 is 7.24. The zero-order chi connectivity index (χ0) is 22.5. The van der Waals surface area contributed by atoms with Gasteiger partial charge in [0.25, 0.3) is 0 Å². The van der Waals surface area contributed by atoms with Gasteiger partial charge in [0, 0.05) is 30.4 Å². The summed E-state index contributed by atoms with van der Waals surface area (Å²) >= 11 is 1.27. The highest BCUT2D eigenvalue weighted by Gasteiger charge is 2.19. The smallest absolute Gasteiger partial charge is 0.234 e. The molecule has 0 aliphatic rings. The van der Waals surface area contributed by atoms with E-state index in [1.54, 1.807) is 36.1 Å². The lowest BCUT2D eigenvalue weighted by Gasteiger charge is -2.11. The molecule has 0 atom stereocenters. The number of aryl methyl sites for hydroxylation is 1. The molecule has 162 valence electrons. The number of hydrogen-bond donors (Lipinski definition) is 1. The number of para-hydroxylation sites is 3. The van der Waals surface area contributed by atoms with Crippen LogP contribution in [0.3, 0.4) is 0 Å². The van der Waals surface area contributed by atoms with Crippen LogP contribution in [-0.4, -0.2) is 38.6 Å². The number of carbonyl (C=O) groups is 2. The molecule has 0 aliphatic carbocycles. The molecule has 0 saturated heterocycles. The molecular weight excluding hydrogens is 424 g/mol. The largest absolute Gasteiger partial charge is 0.492 e. The monoisotopic (exact) mass is 446 g/mol. The minimum absolute atomic E-state index is 0.141. The van der Waals surface area contributed by atoms with Crippen molar-refractivity contribution < 1.29 is 14.3 Å². The predicted octanol–water partition coefficient (Wildman–Crippen LogP) is 4.33. The van der Waals surface area contributed by atoms with E-state index >= 15 is 0 Å². The van der Waals surface area contributed by atoms with Gasteiger partial charge in [0.1, 0.15) is 5.75 Å². The third-order valence-electron chi connectivity index (χ3n) is 4.77. The van der Waals surface area contributed by atoms with Gasteiger partial charge in [-0.1, -0.05) is 42.1 Å². The summed E-state index contributed by atoms with van der Waals surface area (Å²) in [6, 6.07) is 16.5. The zero-order valence-corrected chi connectivity index (χ0v) is 18.6. The number of rotatable bonds is 8. The molecule has 2 aromatic heterocycles. The number of nitrogens with zero attached hydrogens (tertiary/aromatic N) is 3. The van der Waals surface area contributed by atoms with E-state index < -0.39 is 0 Å². The molecule has 0 radical (unpaired) electrons. The molecule has 4 aromatic rings. The van der Waals surface area contributed by atoms with Crippen LogP contribution in [0.1, 0.15) is 23.1 Å². The molecule has 4 rings (SSSR count). The van der Waals surface area contributed by atoms with Gasteiger partial charge < -0.3 is 14.6 Å². The van der Waals surface area contributed by atoms with Crippen LogP contribution in [0.4, 0.5) is 5.69 Å². The van der Waals surface area contributed by atoms with Crippen LogP contribution in [-0.2, 0) is 11.8 Å². The van der Waals surface area contributed by atoms with E-state index in [-0.39, 0.29) is 17.4 Å². The average molecular weight is 447 g/mol. The third kappa shape index (κ3) is 4.65. The van der Waals surface area contributed by atoms with Gasteiger partial charge in [-0.3, -0.25) is 9.59 Å². The van der Waals surface area contributed by atoms with Crippen molar-refractivity contribution in [3.63, 3.8) is 0 Å². The lowest BCUT2D eigenvalue weighted by atomic mass is 10.1. The van der Waals surface area contributed by atoms with E-state index in [4.69, 9.17) is 4.74 Å². The van der Waals surface area contributed by atoms with Crippen molar-refractivity contribution in [1.29, 1.82) is 0 Å². The van der Waals surface area contributed by atoms with E-state index in [1.165, 1.54) is 11.8 Å². The molecule has 8 heteroatoms. The highest BCUT2D eigenvalue weighted by atomic mass is 32.2. The molecule has 0 aliphatic heterocycles. The Labute approximate surface area is 189 Å². The van der Waals surface area contributed by atoms with Crippen LogP contribution in [0, 0.1) is 0 Å². The molecule has 2 heterocycles. The molecule has 0 fully saturated rings. The number of hydrogen-bond acceptors (Lipinski definition) is 6. The number of pyridine rings is 1. The Morgan fingerprint density at radius 2 is 1.91 bits per heavy atom. The van der Waals surface area contributed by atoms with Crippen LogP contribution >= 0.6 is 11.8 Å². The fraction of sp³-hybridized carbons (Fsp3) is 0.167. The van der Waals surface area contributed by atoms with Crippen LogP contribution in [0.15, 0.2) is 72.0 Å². The lowest BCUT2D eigenvalue weighted by Crippen LogP contribution is -2.15. The zero-order valence-electron chi connectivity index (χ0n) is 17.7. The van der Waals surface area contributed by atoms with Gasteiger partial charge in [0.05, 0.1) is 28.6 Å². The van der Waals surface area contributed by atoms with E-state index in [1.807, 2.05) is 49.4 Å². The highest BCUT2D eigenvalue weighted by molar-refractivity contribution is 7.99. The van der Waals surface area contributed by atoms with Crippen molar-refractivity contribution in [2.24, 2.45) is 7.05 Å². The number of fused-ring (bicyclic) bond motifs is 1. The summed E-state index contributed by atoms with van der Waals surface area (Å²) in [5.74, 6) is 0.742. The normalized spacial score (nSPS) is 10.8. The predicted molar refractivity (Wildman–Crippen MR) is 125 cm³/mol. The number of ketones is 1. The first-order chi connectivity index (χ1) is 15.6. The number of aromatic nitrogens is 3. The van der Waals surface area contributed by atoms with Gasteiger partial charge in [-0.2, -0.15) is 0 Å². The number of thioether (sulfide) groups is 1. The second-order valence-electron chi connectivity index (χ2n) is 6.98. The number of amides is 1. The Kier molecular flexibility index (Phi) is 6.51. The number of anilines is 1. The topological polar surface area (TPSA) is 86.1 Å². The Balaban J connectivity index is 1.56. The molecular formula is C24H22N4O3S. The van der Waals surface area contributed by atoms with Crippen molar-refractivity contribution >= 4 is 40.0 Å². The first kappa shape index (κ1) is 21.6. The fourth-order valence-corrected chi connectivity index (χ4v) is 4.01. The van der Waals surface area contributed by atoms with Crippen LogP contribution in [0.25, 0.3) is 10.9 Å². The highest BCUT2D eigenvalue weighted by Crippen LogP contribution is 2.27. The van der Waals surface area contributed by atoms with Crippen molar-refractivity contribution in [3.8, 4) is 5.75 Å². The molecule has 0 unspecified atom stereocenters. The maximum absolute atomic E-state index is 13.2. The standard InChI is InChI=1S/C24H22N4O3S/c1-3-31-20-11-7-6-10-19(20)26-21(29)15-32-22-14-17(16-8-4-5-9-18(16)27-22)23(30)24-25-12-13-28(24)2/h4-14H,3,15H2,1-2H3,(H,26,29). The van der Waals surface area contributed by atoms with E-state index in [2.05, 4.69) is 15.3 Å². The summed E-state index contributed by atoms with van der Waals surface area (Å²) in [7, 11) is 1.78. The van der Waals surface area contributed by atoms with E-state index in [0.717, 1.165) is 5.39 Å². The van der Waals surface area contributed by atoms with Crippen molar-refractivity contribution in [2.45, 2.75) is 11.9 Å². The maximum atomic E-state index is 13.2. The number of imidazole rings is 1. The van der Waals surface area contributed by atoms with E-state index in [0.29, 0.717) is 40.0 Å². The lowest BCUT2D eigenvalue weighted by molar-refractivity contribution is -0.113. The van der Waals surface area contributed by atoms with Crippen LogP contribution < -0.4 is 10.1 Å². The van der Waals surface area contributed by atoms with Gasteiger partial charge in [-0.15, -0.1) is 0 Å². The van der Waals surface area contributed by atoms with Crippen LogP contribution in [0.2, 0.25) is 0 Å². The second kappa shape index (κ2) is 9.65. The van der Waals surface area contributed by atoms with E-state index in [9.17, 15) is 9.59 Å². The molecule has 7 nitrogen and oxygen atoms in total. The van der Waals surface area contributed by atoms with Gasteiger partial charge in [-0.25, -0.2) is 9.97 Å². The Bertz CT molecular complexity index is 1290. The molecule has 2 aromatic carbocycles. The SMILES string of the molecule is CCOc1ccccc1NC(=O)CSc1cc(C(=O)c2nccn2C)c2ccccc2n1. The number of benzene rings is 2. The van der Waals surface area contributed by atoms with Gasteiger partial charge >= 0.3 is 0 Å². The molecule has 0 spiro atoms. The summed E-state index contributed by atoms with van der Waals surface area (Å²) in [5, 5.41) is 4.22. The third-order valence-corrected chi connectivity index (χ3v) is 5.69. The van der Waals surface area contributed by atoms with Crippen molar-refractivity contribution in [1.82, 2.24) is 14.5 Å². The van der Waals surface area contributed by atoms with Crippen molar-refractivity contribution in [2.75, 3.05) is 17.7 Å². The van der Waals surface area contributed by atoms with Gasteiger partial charge in [0.15, 0.2) is 5.82 Å². The first-order valence-corrected chi connectivity index (χ1v) is 11.1. The fourth-order valence-electron chi connectivity index (χ4n) is 3.29. The Morgan fingerprint density at radius 1 is 1.12 bits per heavy atom.